The predicted octanol–water partition coefficient (Wildman–Crippen LogP) is 1.87. The first-order valence-corrected chi connectivity index (χ1v) is 6.10. The fourth-order valence-corrected chi connectivity index (χ4v) is 2.12. The second kappa shape index (κ2) is 4.92. The lowest BCUT2D eigenvalue weighted by Crippen LogP contribution is -2.17. The number of nitrogens with zero attached hydrogens (tertiary/aromatic N) is 1. The standard InChI is InChI=1S/C13H14N2O5/c1-6-4-11(15(19)20)7(2)3-10(6)14-12(16)8-5-9(8)13(17)18/h3-4,8-9H,5H2,1-2H3,(H,14,16)(H,17,18)/t8-,9+/m1/s1. The van der Waals surface area contributed by atoms with Crippen LogP contribution in [0.15, 0.2) is 12.1 Å². The fourth-order valence-electron chi connectivity index (χ4n) is 2.12. The molecule has 1 aliphatic carbocycles. The number of anilines is 1. The van der Waals surface area contributed by atoms with E-state index in [-0.39, 0.29) is 11.6 Å². The van der Waals surface area contributed by atoms with Crippen LogP contribution in [0, 0.1) is 35.8 Å². The Morgan fingerprint density at radius 2 is 1.95 bits per heavy atom. The van der Waals surface area contributed by atoms with E-state index in [4.69, 9.17) is 5.11 Å². The van der Waals surface area contributed by atoms with Crippen LogP contribution in [0.4, 0.5) is 11.4 Å². The lowest BCUT2D eigenvalue weighted by Gasteiger charge is -2.09. The zero-order valence-corrected chi connectivity index (χ0v) is 11.0. The van der Waals surface area contributed by atoms with Crippen LogP contribution in [0.1, 0.15) is 17.5 Å². The van der Waals surface area contributed by atoms with Gasteiger partial charge in [0.05, 0.1) is 16.8 Å². The quantitative estimate of drug-likeness (QED) is 0.645. The first-order chi connectivity index (χ1) is 9.31. The van der Waals surface area contributed by atoms with Crippen LogP contribution in [-0.4, -0.2) is 21.9 Å². The van der Waals surface area contributed by atoms with Crippen LogP contribution < -0.4 is 5.32 Å². The summed E-state index contributed by atoms with van der Waals surface area (Å²) in [6, 6.07) is 2.93. The normalized spacial score (nSPS) is 20.3. The maximum absolute atomic E-state index is 11.9. The molecule has 1 aliphatic rings. The Morgan fingerprint density at radius 3 is 2.45 bits per heavy atom. The van der Waals surface area contributed by atoms with Gasteiger partial charge in [0.25, 0.3) is 5.69 Å². The van der Waals surface area contributed by atoms with Gasteiger partial charge < -0.3 is 10.4 Å². The minimum atomic E-state index is -0.971. The van der Waals surface area contributed by atoms with Gasteiger partial charge in [0.2, 0.25) is 5.91 Å². The van der Waals surface area contributed by atoms with Gasteiger partial charge in [0, 0.05) is 17.3 Å². The number of benzene rings is 1. The number of aliphatic carboxylic acids is 1. The molecule has 7 nitrogen and oxygen atoms in total. The van der Waals surface area contributed by atoms with E-state index in [1.54, 1.807) is 13.8 Å². The third-order valence-corrected chi connectivity index (χ3v) is 3.44. The zero-order valence-electron chi connectivity index (χ0n) is 11.0. The van der Waals surface area contributed by atoms with E-state index in [2.05, 4.69) is 5.32 Å². The number of carbonyl (C=O) groups is 2. The molecule has 1 aromatic carbocycles. The number of nitro benzene ring substituents is 1. The summed E-state index contributed by atoms with van der Waals surface area (Å²) >= 11 is 0. The first kappa shape index (κ1) is 14.0. The van der Waals surface area contributed by atoms with Crippen molar-refractivity contribution in [3.05, 3.63) is 33.4 Å². The summed E-state index contributed by atoms with van der Waals surface area (Å²) in [5, 5.41) is 22.2. The third-order valence-electron chi connectivity index (χ3n) is 3.44. The summed E-state index contributed by atoms with van der Waals surface area (Å²) in [5.74, 6) is -2.45. The molecule has 2 atom stereocenters. The van der Waals surface area contributed by atoms with E-state index < -0.39 is 22.7 Å². The summed E-state index contributed by atoms with van der Waals surface area (Å²) in [6.07, 6.45) is 0.339. The van der Waals surface area contributed by atoms with Crippen molar-refractivity contribution in [3.8, 4) is 0 Å². The average Bonchev–Trinajstić information content (AvgIpc) is 3.13. The molecule has 1 amide bonds. The minimum Gasteiger partial charge on any atom is -0.481 e. The zero-order chi connectivity index (χ0) is 15.0. The molecule has 0 aliphatic heterocycles. The summed E-state index contributed by atoms with van der Waals surface area (Å²) in [7, 11) is 0. The maximum atomic E-state index is 11.9. The second-order valence-electron chi connectivity index (χ2n) is 4.99. The van der Waals surface area contributed by atoms with Crippen molar-refractivity contribution >= 4 is 23.3 Å². The highest BCUT2D eigenvalue weighted by atomic mass is 16.6. The number of aryl methyl sites for hydroxylation is 2. The van der Waals surface area contributed by atoms with Crippen LogP contribution in [-0.2, 0) is 9.59 Å². The number of rotatable bonds is 4. The highest BCUT2D eigenvalue weighted by Crippen LogP contribution is 2.39. The van der Waals surface area contributed by atoms with Crippen LogP contribution in [0.25, 0.3) is 0 Å². The molecule has 2 N–H and O–H groups in total. The third kappa shape index (κ3) is 2.61. The van der Waals surface area contributed by atoms with E-state index in [9.17, 15) is 19.7 Å². The van der Waals surface area contributed by atoms with Crippen molar-refractivity contribution < 1.29 is 19.6 Å². The lowest BCUT2D eigenvalue weighted by molar-refractivity contribution is -0.385. The van der Waals surface area contributed by atoms with Crippen molar-refractivity contribution in [2.75, 3.05) is 5.32 Å². The summed E-state index contributed by atoms with van der Waals surface area (Å²) in [5.41, 5.74) is 1.49. The van der Waals surface area contributed by atoms with Crippen LogP contribution in [0.3, 0.4) is 0 Å². The average molecular weight is 278 g/mol. The molecule has 0 bridgehead atoms. The van der Waals surface area contributed by atoms with Gasteiger partial charge in [-0.15, -0.1) is 0 Å². The molecule has 0 radical (unpaired) electrons. The molecular formula is C13H14N2O5. The molecule has 106 valence electrons. The van der Waals surface area contributed by atoms with Gasteiger partial charge >= 0.3 is 5.97 Å². The fraction of sp³-hybridized carbons (Fsp3) is 0.385. The van der Waals surface area contributed by atoms with Gasteiger partial charge in [-0.05, 0) is 31.9 Å². The molecule has 0 heterocycles. The largest absolute Gasteiger partial charge is 0.481 e. The van der Waals surface area contributed by atoms with Gasteiger partial charge in [-0.2, -0.15) is 0 Å². The molecule has 0 saturated heterocycles. The first-order valence-electron chi connectivity index (χ1n) is 6.10. The highest BCUT2D eigenvalue weighted by molar-refractivity contribution is 5.98. The summed E-state index contributed by atoms with van der Waals surface area (Å²) < 4.78 is 0. The van der Waals surface area contributed by atoms with Crippen molar-refractivity contribution in [2.45, 2.75) is 20.3 Å². The van der Waals surface area contributed by atoms with Crippen molar-refractivity contribution in [3.63, 3.8) is 0 Å². The number of carbonyl (C=O) groups excluding carboxylic acids is 1. The van der Waals surface area contributed by atoms with Crippen LogP contribution >= 0.6 is 0 Å². The molecule has 1 aromatic rings. The van der Waals surface area contributed by atoms with Gasteiger partial charge in [-0.25, -0.2) is 0 Å². The van der Waals surface area contributed by atoms with Gasteiger partial charge in [-0.1, -0.05) is 0 Å². The second-order valence-corrected chi connectivity index (χ2v) is 4.99. The van der Waals surface area contributed by atoms with Gasteiger partial charge in [0.15, 0.2) is 0 Å². The van der Waals surface area contributed by atoms with E-state index in [0.717, 1.165) is 0 Å². The number of carboxylic acids is 1. The number of nitro groups is 1. The highest BCUT2D eigenvalue weighted by Gasteiger charge is 2.48. The Hall–Kier alpha value is -2.44. The molecule has 7 heteroatoms. The topological polar surface area (TPSA) is 110 Å². The van der Waals surface area contributed by atoms with Crippen molar-refractivity contribution in [1.29, 1.82) is 0 Å². The molecule has 1 saturated carbocycles. The molecule has 2 rings (SSSR count). The SMILES string of the molecule is Cc1cc([N+](=O)[O-])c(C)cc1NC(=O)[C@@H]1C[C@@H]1C(=O)O. The van der Waals surface area contributed by atoms with Crippen molar-refractivity contribution in [1.82, 2.24) is 0 Å². The number of amides is 1. The number of carboxylic acid groups (broad SMARTS) is 1. The molecule has 1 fully saturated rings. The lowest BCUT2D eigenvalue weighted by atomic mass is 10.1. The van der Waals surface area contributed by atoms with Crippen LogP contribution in [0.2, 0.25) is 0 Å². The molecule has 20 heavy (non-hydrogen) atoms. The van der Waals surface area contributed by atoms with Crippen molar-refractivity contribution in [2.24, 2.45) is 11.8 Å². The van der Waals surface area contributed by atoms with Crippen LogP contribution in [0.5, 0.6) is 0 Å². The van der Waals surface area contributed by atoms with Gasteiger partial charge in [0.1, 0.15) is 0 Å². The van der Waals surface area contributed by atoms with Gasteiger partial charge in [-0.3, -0.25) is 19.7 Å². The molecule has 0 spiro atoms. The summed E-state index contributed by atoms with van der Waals surface area (Å²) in [4.78, 5) is 32.9. The van der Waals surface area contributed by atoms with E-state index in [1.165, 1.54) is 12.1 Å². The Labute approximate surface area is 114 Å². The monoisotopic (exact) mass is 278 g/mol. The number of nitrogens with one attached hydrogen (secondary N) is 1. The Kier molecular flexibility index (Phi) is 3.44. The summed E-state index contributed by atoms with van der Waals surface area (Å²) in [6.45, 7) is 3.24. The minimum absolute atomic E-state index is 0.00432. The van der Waals surface area contributed by atoms with E-state index in [0.29, 0.717) is 23.2 Å². The number of hydrogen-bond donors (Lipinski definition) is 2. The molecular weight excluding hydrogens is 264 g/mol. The predicted molar refractivity (Wildman–Crippen MR) is 70.4 cm³/mol. The molecule has 0 unspecified atom stereocenters. The van der Waals surface area contributed by atoms with E-state index in [1.807, 2.05) is 0 Å². The number of hydrogen-bond acceptors (Lipinski definition) is 4. The maximum Gasteiger partial charge on any atom is 0.307 e. The Balaban J connectivity index is 2.15. The Bertz CT molecular complexity index is 611. The Morgan fingerprint density at radius 1 is 1.30 bits per heavy atom. The molecule has 0 aromatic heterocycles. The smallest absolute Gasteiger partial charge is 0.307 e. The van der Waals surface area contributed by atoms with E-state index >= 15 is 0 Å².